The number of hydrogen-bond donors (Lipinski definition) is 2. The molecule has 0 saturated carbocycles. The van der Waals surface area contributed by atoms with Crippen LogP contribution in [0.25, 0.3) is 0 Å². The normalized spacial score (nSPS) is 13.8. The Labute approximate surface area is 102 Å². The van der Waals surface area contributed by atoms with E-state index in [9.17, 15) is 4.79 Å². The number of benzene rings is 1. The van der Waals surface area contributed by atoms with E-state index in [2.05, 4.69) is 10.6 Å². The van der Waals surface area contributed by atoms with Crippen LogP contribution in [-0.2, 0) is 4.79 Å². The molecule has 0 heterocycles. The Balaban J connectivity index is 2.37. The molecule has 1 aromatic rings. The fourth-order valence-electron chi connectivity index (χ4n) is 1.26. The lowest BCUT2D eigenvalue weighted by Gasteiger charge is -2.16. The molecule has 94 valence electrons. The fraction of sp³-hybridized carbons (Fsp3) is 0.462. The van der Waals surface area contributed by atoms with Gasteiger partial charge in [-0.15, -0.1) is 0 Å². The van der Waals surface area contributed by atoms with E-state index >= 15 is 0 Å². The highest BCUT2D eigenvalue weighted by atomic mass is 16.5. The minimum atomic E-state index is -0.485. The molecule has 0 aliphatic carbocycles. The molecule has 0 aliphatic rings. The lowest BCUT2D eigenvalue weighted by Crippen LogP contribution is -2.42. The maximum Gasteiger partial charge on any atom is 0.260 e. The molecule has 1 aromatic carbocycles. The molecule has 2 atom stereocenters. The fourth-order valence-corrected chi connectivity index (χ4v) is 1.26. The van der Waals surface area contributed by atoms with Crippen LogP contribution in [0, 0.1) is 0 Å². The molecule has 4 nitrogen and oxygen atoms in total. The van der Waals surface area contributed by atoms with Crippen molar-refractivity contribution in [2.24, 2.45) is 0 Å². The number of ether oxygens (including phenoxy) is 1. The quantitative estimate of drug-likeness (QED) is 0.779. The Morgan fingerprint density at radius 2 is 1.94 bits per heavy atom. The predicted molar refractivity (Wildman–Crippen MR) is 68.1 cm³/mol. The molecule has 2 unspecified atom stereocenters. The molecule has 2 N–H and O–H groups in total. The smallest absolute Gasteiger partial charge is 0.260 e. The zero-order valence-corrected chi connectivity index (χ0v) is 10.6. The van der Waals surface area contributed by atoms with Gasteiger partial charge in [0, 0.05) is 12.6 Å². The Morgan fingerprint density at radius 1 is 1.29 bits per heavy atom. The molecule has 1 amide bonds. The van der Waals surface area contributed by atoms with Crippen LogP contribution >= 0.6 is 0 Å². The van der Waals surface area contributed by atoms with E-state index in [1.165, 1.54) is 0 Å². The summed E-state index contributed by atoms with van der Waals surface area (Å²) in [7, 11) is 1.86. The average Bonchev–Trinajstić information content (AvgIpc) is 2.36. The van der Waals surface area contributed by atoms with Crippen molar-refractivity contribution >= 4 is 5.91 Å². The number of carbonyl (C=O) groups excluding carboxylic acids is 1. The van der Waals surface area contributed by atoms with Crippen LogP contribution in [-0.4, -0.2) is 31.6 Å². The van der Waals surface area contributed by atoms with Crippen molar-refractivity contribution in [2.75, 3.05) is 13.6 Å². The molecule has 0 bridgehead atoms. The summed E-state index contributed by atoms with van der Waals surface area (Å²) in [6.07, 6.45) is -0.485. The monoisotopic (exact) mass is 236 g/mol. The third-order valence-electron chi connectivity index (χ3n) is 2.50. The molecule has 17 heavy (non-hydrogen) atoms. The molecule has 4 heteroatoms. The maximum absolute atomic E-state index is 11.7. The van der Waals surface area contributed by atoms with Crippen LogP contribution < -0.4 is 15.4 Å². The minimum Gasteiger partial charge on any atom is -0.481 e. The Morgan fingerprint density at radius 3 is 2.53 bits per heavy atom. The van der Waals surface area contributed by atoms with E-state index < -0.39 is 6.10 Å². The summed E-state index contributed by atoms with van der Waals surface area (Å²) in [4.78, 5) is 11.7. The van der Waals surface area contributed by atoms with Crippen LogP contribution in [0.3, 0.4) is 0 Å². The number of likely N-dealkylation sites (N-methyl/N-ethyl adjacent to an activating group) is 1. The van der Waals surface area contributed by atoms with E-state index in [4.69, 9.17) is 4.74 Å². The van der Waals surface area contributed by atoms with Crippen molar-refractivity contribution in [3.05, 3.63) is 30.3 Å². The molecular formula is C13H20N2O2. The van der Waals surface area contributed by atoms with Crippen molar-refractivity contribution < 1.29 is 9.53 Å². The Bertz CT molecular complexity index is 341. The van der Waals surface area contributed by atoms with Crippen LogP contribution in [0.5, 0.6) is 5.75 Å². The number of carbonyl (C=O) groups is 1. The average molecular weight is 236 g/mol. The first-order valence-electron chi connectivity index (χ1n) is 5.80. The summed E-state index contributed by atoms with van der Waals surface area (Å²) >= 11 is 0. The lowest BCUT2D eigenvalue weighted by atomic mass is 10.3. The van der Waals surface area contributed by atoms with E-state index in [0.717, 1.165) is 0 Å². The summed E-state index contributed by atoms with van der Waals surface area (Å²) in [5, 5.41) is 5.88. The van der Waals surface area contributed by atoms with Crippen molar-refractivity contribution in [3.8, 4) is 5.75 Å². The summed E-state index contributed by atoms with van der Waals surface area (Å²) in [5.41, 5.74) is 0. The number of amides is 1. The predicted octanol–water partition coefficient (Wildman–Crippen LogP) is 1.18. The number of para-hydroxylation sites is 1. The number of hydrogen-bond acceptors (Lipinski definition) is 3. The van der Waals surface area contributed by atoms with E-state index in [0.29, 0.717) is 12.3 Å². The van der Waals surface area contributed by atoms with E-state index in [1.807, 2.05) is 44.3 Å². The van der Waals surface area contributed by atoms with Gasteiger partial charge in [0.2, 0.25) is 0 Å². The van der Waals surface area contributed by atoms with Gasteiger partial charge in [0.25, 0.3) is 5.91 Å². The summed E-state index contributed by atoms with van der Waals surface area (Å²) in [5.74, 6) is 0.604. The van der Waals surface area contributed by atoms with Gasteiger partial charge in [-0.05, 0) is 33.0 Å². The van der Waals surface area contributed by atoms with Gasteiger partial charge in [0.05, 0.1) is 0 Å². The van der Waals surface area contributed by atoms with Gasteiger partial charge in [-0.2, -0.15) is 0 Å². The van der Waals surface area contributed by atoms with Crippen molar-refractivity contribution in [1.82, 2.24) is 10.6 Å². The van der Waals surface area contributed by atoms with Crippen LogP contribution in [0.15, 0.2) is 30.3 Å². The topological polar surface area (TPSA) is 50.4 Å². The van der Waals surface area contributed by atoms with E-state index in [-0.39, 0.29) is 11.9 Å². The minimum absolute atomic E-state index is 0.101. The third-order valence-corrected chi connectivity index (χ3v) is 2.50. The first-order chi connectivity index (χ1) is 8.13. The third kappa shape index (κ3) is 4.87. The van der Waals surface area contributed by atoms with Crippen molar-refractivity contribution in [1.29, 1.82) is 0 Å². The van der Waals surface area contributed by atoms with Gasteiger partial charge in [-0.1, -0.05) is 18.2 Å². The van der Waals surface area contributed by atoms with E-state index in [1.54, 1.807) is 6.92 Å². The molecule has 1 rings (SSSR count). The second-order valence-electron chi connectivity index (χ2n) is 4.01. The Hall–Kier alpha value is -1.55. The highest BCUT2D eigenvalue weighted by molar-refractivity contribution is 5.80. The SMILES string of the molecule is CNC(C)CNC(=O)C(C)Oc1ccccc1. The first kappa shape index (κ1) is 13.5. The summed E-state index contributed by atoms with van der Waals surface area (Å²) in [6.45, 7) is 4.34. The summed E-state index contributed by atoms with van der Waals surface area (Å²) in [6, 6.07) is 9.58. The van der Waals surface area contributed by atoms with Gasteiger partial charge < -0.3 is 15.4 Å². The highest BCUT2D eigenvalue weighted by Gasteiger charge is 2.14. The molecule has 0 spiro atoms. The molecule has 0 fully saturated rings. The zero-order valence-electron chi connectivity index (χ0n) is 10.6. The van der Waals surface area contributed by atoms with Gasteiger partial charge in [0.1, 0.15) is 5.75 Å². The second kappa shape index (κ2) is 6.91. The number of nitrogens with one attached hydrogen (secondary N) is 2. The van der Waals surface area contributed by atoms with Gasteiger partial charge >= 0.3 is 0 Å². The molecule has 0 radical (unpaired) electrons. The van der Waals surface area contributed by atoms with Gasteiger partial charge in [-0.3, -0.25) is 4.79 Å². The number of rotatable bonds is 6. The summed E-state index contributed by atoms with van der Waals surface area (Å²) < 4.78 is 5.51. The second-order valence-corrected chi connectivity index (χ2v) is 4.01. The lowest BCUT2D eigenvalue weighted by molar-refractivity contribution is -0.127. The standard InChI is InChI=1S/C13H20N2O2/c1-10(14-3)9-15-13(16)11(2)17-12-7-5-4-6-8-12/h4-8,10-11,14H,9H2,1-3H3,(H,15,16). The highest BCUT2D eigenvalue weighted by Crippen LogP contribution is 2.10. The Kier molecular flexibility index (Phi) is 5.49. The molecular weight excluding hydrogens is 216 g/mol. The van der Waals surface area contributed by atoms with Crippen LogP contribution in [0.1, 0.15) is 13.8 Å². The first-order valence-corrected chi connectivity index (χ1v) is 5.80. The van der Waals surface area contributed by atoms with Crippen molar-refractivity contribution in [3.63, 3.8) is 0 Å². The van der Waals surface area contributed by atoms with Crippen LogP contribution in [0.2, 0.25) is 0 Å². The molecule has 0 aliphatic heterocycles. The largest absolute Gasteiger partial charge is 0.481 e. The van der Waals surface area contributed by atoms with Crippen molar-refractivity contribution in [2.45, 2.75) is 26.0 Å². The van der Waals surface area contributed by atoms with Crippen LogP contribution in [0.4, 0.5) is 0 Å². The molecule has 0 saturated heterocycles. The van der Waals surface area contributed by atoms with Gasteiger partial charge in [0.15, 0.2) is 6.10 Å². The van der Waals surface area contributed by atoms with Gasteiger partial charge in [-0.25, -0.2) is 0 Å². The maximum atomic E-state index is 11.7. The zero-order chi connectivity index (χ0) is 12.7. The molecule has 0 aromatic heterocycles.